The van der Waals surface area contributed by atoms with Gasteiger partial charge in [-0.2, -0.15) is 0 Å². The summed E-state index contributed by atoms with van der Waals surface area (Å²) in [6.45, 7) is 0. The van der Waals surface area contributed by atoms with Gasteiger partial charge in [0.25, 0.3) is 0 Å². The second kappa shape index (κ2) is 3.19. The van der Waals surface area contributed by atoms with Crippen molar-refractivity contribution in [3.05, 3.63) is 47.0 Å². The predicted octanol–water partition coefficient (Wildman–Crippen LogP) is 2.80. The second-order valence-corrected chi connectivity index (χ2v) is 3.11. The molecule has 0 radical (unpaired) electrons. The molecule has 0 aromatic heterocycles. The molecule has 0 aromatic rings. The van der Waals surface area contributed by atoms with Crippen molar-refractivity contribution >= 4 is 0 Å². The van der Waals surface area contributed by atoms with E-state index >= 15 is 0 Å². The maximum atomic E-state index is 13.4. The lowest BCUT2D eigenvalue weighted by molar-refractivity contribution is 0.421. The first-order chi connectivity index (χ1) is 7.08. The van der Waals surface area contributed by atoms with E-state index in [1.807, 2.05) is 0 Å². The largest absolute Gasteiger partial charge is 0.508 e. The molecule has 0 aromatic carbocycles. The standard InChI is InChI=1S/C12H9FO/c1-2-10-11-5-4-9(14)7-8(11)3-6-12(10)13/h1,3-4,6-7,11,14H,5H2/i11D. The minimum Gasteiger partial charge on any atom is -0.508 e. The Balaban J connectivity index is 2.58. The van der Waals surface area contributed by atoms with Crippen LogP contribution < -0.4 is 0 Å². The predicted molar refractivity (Wildman–Crippen MR) is 53.0 cm³/mol. The number of rotatable bonds is 0. The van der Waals surface area contributed by atoms with Crippen molar-refractivity contribution in [2.75, 3.05) is 0 Å². The Kier molecular flexibility index (Phi) is 1.74. The van der Waals surface area contributed by atoms with Gasteiger partial charge in [-0.15, -0.1) is 6.42 Å². The van der Waals surface area contributed by atoms with E-state index in [1.165, 1.54) is 24.3 Å². The fourth-order valence-electron chi connectivity index (χ4n) is 1.57. The molecule has 1 unspecified atom stereocenters. The van der Waals surface area contributed by atoms with Gasteiger partial charge in [0.05, 0.1) is 0 Å². The van der Waals surface area contributed by atoms with E-state index in [9.17, 15) is 9.50 Å². The lowest BCUT2D eigenvalue weighted by atomic mass is 9.81. The summed E-state index contributed by atoms with van der Waals surface area (Å²) in [7, 11) is 0. The molecule has 0 aliphatic heterocycles. The van der Waals surface area contributed by atoms with Crippen LogP contribution in [-0.2, 0) is 0 Å². The molecule has 0 saturated heterocycles. The number of fused-ring (bicyclic) bond motifs is 1. The van der Waals surface area contributed by atoms with Gasteiger partial charge >= 0.3 is 0 Å². The molecular formula is C12H9FO. The van der Waals surface area contributed by atoms with Gasteiger partial charge in [0, 0.05) is 12.8 Å². The third-order valence-electron chi connectivity index (χ3n) is 2.26. The highest BCUT2D eigenvalue weighted by atomic mass is 19.1. The van der Waals surface area contributed by atoms with Crippen molar-refractivity contribution in [2.45, 2.75) is 6.42 Å². The average molecular weight is 189 g/mol. The van der Waals surface area contributed by atoms with Gasteiger partial charge in [0.1, 0.15) is 11.6 Å². The Morgan fingerprint density at radius 3 is 3.14 bits per heavy atom. The van der Waals surface area contributed by atoms with Crippen molar-refractivity contribution < 1.29 is 10.9 Å². The van der Waals surface area contributed by atoms with Crippen LogP contribution >= 0.6 is 0 Å². The molecule has 1 N–H and O–H groups in total. The van der Waals surface area contributed by atoms with Gasteiger partial charge in [-0.25, -0.2) is 4.39 Å². The van der Waals surface area contributed by atoms with Crippen molar-refractivity contribution in [1.29, 1.82) is 0 Å². The number of halogens is 1. The van der Waals surface area contributed by atoms with Gasteiger partial charge in [-0.1, -0.05) is 12.0 Å². The first-order valence-corrected chi connectivity index (χ1v) is 4.24. The highest BCUT2D eigenvalue weighted by Gasteiger charge is 2.24. The molecule has 2 aliphatic carbocycles. The number of aliphatic hydroxyl groups is 1. The average Bonchev–Trinajstić information content (AvgIpc) is 2.20. The highest BCUT2D eigenvalue weighted by molar-refractivity contribution is 5.51. The summed E-state index contributed by atoms with van der Waals surface area (Å²) in [5.41, 5.74) is 0.553. The molecule has 14 heavy (non-hydrogen) atoms. The molecule has 0 bridgehead atoms. The topological polar surface area (TPSA) is 20.2 Å². The van der Waals surface area contributed by atoms with Gasteiger partial charge in [0.15, 0.2) is 0 Å². The number of terminal acetylenes is 1. The molecule has 70 valence electrons. The number of allylic oxidation sites excluding steroid dienone is 7. The van der Waals surface area contributed by atoms with E-state index in [0.29, 0.717) is 5.57 Å². The van der Waals surface area contributed by atoms with E-state index in [1.54, 1.807) is 0 Å². The normalized spacial score (nSPS) is 31.3. The lowest BCUT2D eigenvalue weighted by Gasteiger charge is -2.23. The highest BCUT2D eigenvalue weighted by Crippen LogP contribution is 2.35. The van der Waals surface area contributed by atoms with E-state index in [2.05, 4.69) is 5.92 Å². The van der Waals surface area contributed by atoms with Crippen molar-refractivity contribution in [2.24, 2.45) is 5.89 Å². The summed E-state index contributed by atoms with van der Waals surface area (Å²) in [6, 6.07) is 0. The van der Waals surface area contributed by atoms with Gasteiger partial charge in [-0.05, 0) is 30.2 Å². The Hall–Kier alpha value is -1.75. The molecule has 0 heterocycles. The fraction of sp³-hybridized carbons (Fsp3) is 0.167. The van der Waals surface area contributed by atoms with E-state index in [0.717, 1.165) is 0 Å². The third-order valence-corrected chi connectivity index (χ3v) is 2.26. The third kappa shape index (κ3) is 1.27. The van der Waals surface area contributed by atoms with Crippen LogP contribution in [-0.4, -0.2) is 5.11 Å². The van der Waals surface area contributed by atoms with Crippen LogP contribution in [0.4, 0.5) is 4.39 Å². The summed E-state index contributed by atoms with van der Waals surface area (Å²) in [6.07, 6.45) is 11.0. The molecule has 1 atom stereocenters. The SMILES string of the molecule is [2H]C12CC=C(O)C=C1C=CC(F)=C2C#C. The molecule has 0 fully saturated rings. The first-order valence-electron chi connectivity index (χ1n) is 4.74. The van der Waals surface area contributed by atoms with Crippen LogP contribution in [0.3, 0.4) is 0 Å². The summed E-state index contributed by atoms with van der Waals surface area (Å²) in [4.78, 5) is 0. The van der Waals surface area contributed by atoms with Crippen LogP contribution in [0.2, 0.25) is 0 Å². The summed E-state index contributed by atoms with van der Waals surface area (Å²) in [5.74, 6) is 0.524. The number of aliphatic hydroxyl groups excluding tert-OH is 1. The fourth-order valence-corrected chi connectivity index (χ4v) is 1.57. The van der Waals surface area contributed by atoms with E-state index in [-0.39, 0.29) is 17.8 Å². The van der Waals surface area contributed by atoms with Gasteiger partial charge < -0.3 is 5.11 Å². The Labute approximate surface area is 83.3 Å². The van der Waals surface area contributed by atoms with Crippen LogP contribution in [0.5, 0.6) is 0 Å². The number of hydrogen-bond donors (Lipinski definition) is 1. The minimum atomic E-state index is -1.25. The molecule has 0 amide bonds. The quantitative estimate of drug-likeness (QED) is 0.581. The molecule has 0 saturated carbocycles. The second-order valence-electron chi connectivity index (χ2n) is 3.11. The summed E-state index contributed by atoms with van der Waals surface area (Å²) < 4.78 is 21.5. The van der Waals surface area contributed by atoms with Crippen LogP contribution in [0.1, 0.15) is 7.79 Å². The smallest absolute Gasteiger partial charge is 0.135 e. The van der Waals surface area contributed by atoms with E-state index < -0.39 is 11.7 Å². The molecule has 2 rings (SSSR count). The monoisotopic (exact) mass is 189 g/mol. The van der Waals surface area contributed by atoms with Crippen LogP contribution in [0.25, 0.3) is 0 Å². The molecule has 0 spiro atoms. The van der Waals surface area contributed by atoms with Crippen LogP contribution in [0.15, 0.2) is 47.0 Å². The van der Waals surface area contributed by atoms with Crippen molar-refractivity contribution in [3.8, 4) is 12.3 Å². The van der Waals surface area contributed by atoms with Crippen molar-refractivity contribution in [3.63, 3.8) is 0 Å². The molecule has 1 nitrogen and oxygen atoms in total. The first kappa shape index (κ1) is 7.64. The number of hydrogen-bond acceptors (Lipinski definition) is 1. The van der Waals surface area contributed by atoms with E-state index in [4.69, 9.17) is 7.79 Å². The van der Waals surface area contributed by atoms with Gasteiger partial charge in [0.2, 0.25) is 0 Å². The Morgan fingerprint density at radius 1 is 1.64 bits per heavy atom. The summed E-state index contributed by atoms with van der Waals surface area (Å²) in [5, 5.41) is 9.29. The zero-order chi connectivity index (χ0) is 11.1. The Bertz CT molecular complexity index is 476. The van der Waals surface area contributed by atoms with Crippen LogP contribution in [0, 0.1) is 18.2 Å². The maximum absolute atomic E-state index is 13.4. The van der Waals surface area contributed by atoms with Gasteiger partial charge in [-0.3, -0.25) is 0 Å². The lowest BCUT2D eigenvalue weighted by Crippen LogP contribution is -2.12. The minimum absolute atomic E-state index is 0.0278. The Morgan fingerprint density at radius 2 is 2.43 bits per heavy atom. The zero-order valence-corrected chi connectivity index (χ0v) is 7.42. The summed E-state index contributed by atoms with van der Waals surface area (Å²) >= 11 is 0. The zero-order valence-electron chi connectivity index (χ0n) is 8.42. The molecule has 2 heteroatoms. The van der Waals surface area contributed by atoms with Crippen molar-refractivity contribution in [1.82, 2.24) is 0 Å². The maximum Gasteiger partial charge on any atom is 0.135 e. The molecular weight excluding hydrogens is 179 g/mol. The molecule has 2 aliphatic rings.